The number of benzene rings is 1. The lowest BCUT2D eigenvalue weighted by molar-refractivity contribution is 0.463. The second kappa shape index (κ2) is 5.75. The largest absolute Gasteiger partial charge is 0.507 e. The summed E-state index contributed by atoms with van der Waals surface area (Å²) < 4.78 is 0. The summed E-state index contributed by atoms with van der Waals surface area (Å²) in [6, 6.07) is 4.07. The smallest absolute Gasteiger partial charge is 0.121 e. The zero-order chi connectivity index (χ0) is 13.0. The number of aromatic hydroxyl groups is 1. The molecule has 0 aliphatic heterocycles. The zero-order valence-corrected chi connectivity index (χ0v) is 11.0. The van der Waals surface area contributed by atoms with Crippen LogP contribution in [-0.4, -0.2) is 11.1 Å². The second-order valence-corrected chi connectivity index (χ2v) is 4.85. The Hall–Kier alpha value is -1.46. The van der Waals surface area contributed by atoms with E-state index in [1.54, 1.807) is 0 Å². The predicted molar refractivity (Wildman–Crippen MR) is 71.9 cm³/mol. The Kier molecular flexibility index (Phi) is 4.60. The maximum absolute atomic E-state index is 9.69. The van der Waals surface area contributed by atoms with Crippen LogP contribution in [0.2, 0.25) is 0 Å². The average Bonchev–Trinajstić information content (AvgIpc) is 2.26. The summed E-state index contributed by atoms with van der Waals surface area (Å²) in [6.45, 7) is 8.75. The lowest BCUT2D eigenvalue weighted by Gasteiger charge is -2.17. The van der Waals surface area contributed by atoms with Crippen LogP contribution in [0.1, 0.15) is 30.5 Å². The molecular formula is C15H21NO. The van der Waals surface area contributed by atoms with E-state index >= 15 is 0 Å². The van der Waals surface area contributed by atoms with E-state index in [1.165, 1.54) is 0 Å². The van der Waals surface area contributed by atoms with Crippen molar-refractivity contribution >= 4 is 0 Å². The number of terminal acetylenes is 1. The monoisotopic (exact) mass is 231 g/mol. The zero-order valence-electron chi connectivity index (χ0n) is 11.0. The molecule has 0 saturated heterocycles. The van der Waals surface area contributed by atoms with Gasteiger partial charge in [-0.25, -0.2) is 0 Å². The Balaban J connectivity index is 2.74. The molecule has 0 heterocycles. The molecule has 2 N–H and O–H groups in total. The molecule has 1 rings (SSSR count). The molecule has 0 spiro atoms. The fraction of sp³-hybridized carbons (Fsp3) is 0.467. The van der Waals surface area contributed by atoms with Crippen LogP contribution in [0.25, 0.3) is 0 Å². The van der Waals surface area contributed by atoms with Gasteiger partial charge >= 0.3 is 0 Å². The molecule has 1 atom stereocenters. The molecular weight excluding hydrogens is 210 g/mol. The Bertz CT molecular complexity index is 406. The first-order valence-electron chi connectivity index (χ1n) is 5.94. The van der Waals surface area contributed by atoms with Crippen LogP contribution in [0.5, 0.6) is 5.75 Å². The molecule has 1 aromatic carbocycles. The maximum atomic E-state index is 9.69. The van der Waals surface area contributed by atoms with Crippen molar-refractivity contribution in [3.63, 3.8) is 0 Å². The number of phenolic OH excluding ortho intramolecular Hbond substituents is 1. The highest BCUT2D eigenvalue weighted by Gasteiger charge is 2.09. The van der Waals surface area contributed by atoms with E-state index in [2.05, 4.69) is 25.1 Å². The lowest BCUT2D eigenvalue weighted by Crippen LogP contribution is -2.31. The minimum Gasteiger partial charge on any atom is -0.507 e. The minimum absolute atomic E-state index is 0.0874. The van der Waals surface area contributed by atoms with Gasteiger partial charge in [-0.05, 0) is 36.5 Å². The Morgan fingerprint density at radius 1 is 1.29 bits per heavy atom. The maximum Gasteiger partial charge on any atom is 0.121 e. The molecule has 0 aliphatic rings. The highest BCUT2D eigenvalue weighted by atomic mass is 16.3. The molecule has 0 radical (unpaired) electrons. The summed E-state index contributed by atoms with van der Waals surface area (Å²) in [5, 5.41) is 13.0. The van der Waals surface area contributed by atoms with Crippen molar-refractivity contribution in [3.05, 3.63) is 28.8 Å². The van der Waals surface area contributed by atoms with Crippen LogP contribution in [0, 0.1) is 32.1 Å². The molecule has 2 nitrogen and oxygen atoms in total. The van der Waals surface area contributed by atoms with Crippen molar-refractivity contribution in [2.24, 2.45) is 5.92 Å². The van der Waals surface area contributed by atoms with E-state index in [1.807, 2.05) is 26.0 Å². The molecule has 1 unspecified atom stereocenters. The highest BCUT2D eigenvalue weighted by Crippen LogP contribution is 2.22. The third-order valence-electron chi connectivity index (χ3n) is 2.92. The fourth-order valence-electron chi connectivity index (χ4n) is 1.86. The van der Waals surface area contributed by atoms with Crippen LogP contribution < -0.4 is 5.32 Å². The van der Waals surface area contributed by atoms with Crippen LogP contribution >= 0.6 is 0 Å². The molecule has 1 aromatic rings. The van der Waals surface area contributed by atoms with Gasteiger partial charge in [-0.1, -0.05) is 31.9 Å². The first-order chi connectivity index (χ1) is 7.95. The summed E-state index contributed by atoms with van der Waals surface area (Å²) in [7, 11) is 0. The summed E-state index contributed by atoms with van der Waals surface area (Å²) in [6.07, 6.45) is 5.47. The predicted octanol–water partition coefficient (Wildman–Crippen LogP) is 2.76. The number of aryl methyl sites for hydroxylation is 2. The highest BCUT2D eigenvalue weighted by molar-refractivity contribution is 5.42. The van der Waals surface area contributed by atoms with Gasteiger partial charge in [0.1, 0.15) is 5.75 Å². The Labute approximate surface area is 104 Å². The van der Waals surface area contributed by atoms with Crippen molar-refractivity contribution in [2.75, 3.05) is 0 Å². The number of hydrogen-bond acceptors (Lipinski definition) is 2. The van der Waals surface area contributed by atoms with Gasteiger partial charge in [-0.3, -0.25) is 5.32 Å². The Morgan fingerprint density at radius 3 is 2.24 bits per heavy atom. The van der Waals surface area contributed by atoms with Gasteiger partial charge in [0.05, 0.1) is 6.04 Å². The molecule has 0 aliphatic carbocycles. The number of nitrogens with one attached hydrogen (secondary N) is 1. The molecule has 0 aromatic heterocycles. The van der Waals surface area contributed by atoms with E-state index in [9.17, 15) is 5.11 Å². The normalized spacial score (nSPS) is 12.5. The van der Waals surface area contributed by atoms with Crippen LogP contribution in [-0.2, 0) is 6.54 Å². The van der Waals surface area contributed by atoms with E-state index in [-0.39, 0.29) is 6.04 Å². The fourth-order valence-corrected chi connectivity index (χ4v) is 1.86. The first kappa shape index (κ1) is 13.6. The molecule has 0 saturated carbocycles. The lowest BCUT2D eigenvalue weighted by atomic mass is 10.0. The standard InChI is InChI=1S/C15H21NO/c1-6-14(10(2)3)16-9-13-7-11(4)15(17)12(5)8-13/h1,7-8,10,14,16-17H,9H2,2-5H3. The van der Waals surface area contributed by atoms with Gasteiger partial charge in [0, 0.05) is 6.54 Å². The van der Waals surface area contributed by atoms with Gasteiger partial charge in [-0.15, -0.1) is 6.42 Å². The Morgan fingerprint density at radius 2 is 1.82 bits per heavy atom. The summed E-state index contributed by atoms with van der Waals surface area (Å²) in [5.41, 5.74) is 2.96. The number of phenols is 1. The molecule has 0 bridgehead atoms. The van der Waals surface area contributed by atoms with Crippen molar-refractivity contribution in [1.82, 2.24) is 5.32 Å². The molecule has 17 heavy (non-hydrogen) atoms. The summed E-state index contributed by atoms with van der Waals surface area (Å²) >= 11 is 0. The van der Waals surface area contributed by atoms with Crippen molar-refractivity contribution < 1.29 is 5.11 Å². The van der Waals surface area contributed by atoms with E-state index in [0.29, 0.717) is 11.7 Å². The first-order valence-corrected chi connectivity index (χ1v) is 5.94. The average molecular weight is 231 g/mol. The topological polar surface area (TPSA) is 32.3 Å². The summed E-state index contributed by atoms with van der Waals surface area (Å²) in [4.78, 5) is 0. The van der Waals surface area contributed by atoms with E-state index in [0.717, 1.165) is 23.2 Å². The number of rotatable bonds is 4. The van der Waals surface area contributed by atoms with Crippen LogP contribution in [0.3, 0.4) is 0 Å². The van der Waals surface area contributed by atoms with Gasteiger partial charge in [0.2, 0.25) is 0 Å². The van der Waals surface area contributed by atoms with Gasteiger partial charge in [0.15, 0.2) is 0 Å². The minimum atomic E-state index is 0.0874. The SMILES string of the molecule is C#CC(NCc1cc(C)c(O)c(C)c1)C(C)C. The third kappa shape index (κ3) is 3.51. The quantitative estimate of drug-likeness (QED) is 0.781. The van der Waals surface area contributed by atoms with Crippen molar-refractivity contribution in [1.29, 1.82) is 0 Å². The van der Waals surface area contributed by atoms with Crippen molar-refractivity contribution in [3.8, 4) is 18.1 Å². The van der Waals surface area contributed by atoms with Gasteiger partial charge in [-0.2, -0.15) is 0 Å². The van der Waals surface area contributed by atoms with E-state index in [4.69, 9.17) is 6.42 Å². The number of hydrogen-bond donors (Lipinski definition) is 2. The van der Waals surface area contributed by atoms with E-state index < -0.39 is 0 Å². The van der Waals surface area contributed by atoms with Gasteiger partial charge in [0.25, 0.3) is 0 Å². The van der Waals surface area contributed by atoms with Crippen molar-refractivity contribution in [2.45, 2.75) is 40.3 Å². The van der Waals surface area contributed by atoms with Crippen LogP contribution in [0.15, 0.2) is 12.1 Å². The third-order valence-corrected chi connectivity index (χ3v) is 2.92. The molecule has 2 heteroatoms. The van der Waals surface area contributed by atoms with Gasteiger partial charge < -0.3 is 5.11 Å². The molecule has 0 amide bonds. The van der Waals surface area contributed by atoms with Crippen LogP contribution in [0.4, 0.5) is 0 Å². The molecule has 0 fully saturated rings. The second-order valence-electron chi connectivity index (χ2n) is 4.85. The summed E-state index contributed by atoms with van der Waals surface area (Å²) in [5.74, 6) is 3.55. The molecule has 92 valence electrons.